The van der Waals surface area contributed by atoms with E-state index in [1.54, 1.807) is 7.11 Å². The average molecular weight is 329 g/mol. The minimum absolute atomic E-state index is 0.0257. The van der Waals surface area contributed by atoms with Crippen LogP contribution in [0.4, 0.5) is 0 Å². The first-order valence-corrected chi connectivity index (χ1v) is 8.32. The van der Waals surface area contributed by atoms with Gasteiger partial charge in [-0.05, 0) is 24.6 Å². The van der Waals surface area contributed by atoms with Gasteiger partial charge in [0.05, 0.1) is 19.1 Å². The van der Waals surface area contributed by atoms with Crippen molar-refractivity contribution in [3.8, 4) is 5.75 Å². The number of benzene rings is 1. The Kier molecular flexibility index (Phi) is 5.20. The van der Waals surface area contributed by atoms with Crippen LogP contribution in [-0.4, -0.2) is 26.2 Å². The SMILES string of the molecule is CCc1ccc([C@H](COC)NC(=O)[C@H]2CCOc3ccccc32)o1. The molecule has 24 heavy (non-hydrogen) atoms. The van der Waals surface area contributed by atoms with E-state index in [0.29, 0.717) is 19.6 Å². The van der Waals surface area contributed by atoms with Crippen molar-refractivity contribution >= 4 is 5.91 Å². The summed E-state index contributed by atoms with van der Waals surface area (Å²) < 4.78 is 16.7. The molecule has 0 saturated carbocycles. The van der Waals surface area contributed by atoms with Gasteiger partial charge in [-0.3, -0.25) is 4.79 Å². The van der Waals surface area contributed by atoms with E-state index in [0.717, 1.165) is 29.3 Å². The van der Waals surface area contributed by atoms with Crippen molar-refractivity contribution in [3.63, 3.8) is 0 Å². The van der Waals surface area contributed by atoms with Gasteiger partial charge in [-0.2, -0.15) is 0 Å². The highest BCUT2D eigenvalue weighted by Crippen LogP contribution is 2.34. The van der Waals surface area contributed by atoms with Crippen molar-refractivity contribution in [2.24, 2.45) is 0 Å². The van der Waals surface area contributed by atoms with Crippen LogP contribution in [0, 0.1) is 0 Å². The van der Waals surface area contributed by atoms with Crippen LogP contribution in [0.2, 0.25) is 0 Å². The third kappa shape index (κ3) is 3.46. The molecule has 2 atom stereocenters. The van der Waals surface area contributed by atoms with Gasteiger partial charge in [0.2, 0.25) is 5.91 Å². The highest BCUT2D eigenvalue weighted by atomic mass is 16.5. The van der Waals surface area contributed by atoms with Crippen molar-refractivity contribution < 1.29 is 18.7 Å². The normalized spacial score (nSPS) is 17.7. The highest BCUT2D eigenvalue weighted by Gasteiger charge is 2.29. The van der Waals surface area contributed by atoms with Crippen LogP contribution >= 0.6 is 0 Å². The first kappa shape index (κ1) is 16.6. The molecular formula is C19H23NO4. The Morgan fingerprint density at radius 1 is 1.33 bits per heavy atom. The van der Waals surface area contributed by atoms with Crippen LogP contribution in [0.5, 0.6) is 5.75 Å². The number of rotatable bonds is 6. The van der Waals surface area contributed by atoms with Gasteiger partial charge in [0.25, 0.3) is 0 Å². The fourth-order valence-electron chi connectivity index (χ4n) is 3.02. The summed E-state index contributed by atoms with van der Waals surface area (Å²) in [6.07, 6.45) is 1.49. The maximum atomic E-state index is 12.8. The molecule has 1 N–H and O–H groups in total. The quantitative estimate of drug-likeness (QED) is 0.884. The lowest BCUT2D eigenvalue weighted by Crippen LogP contribution is -2.36. The lowest BCUT2D eigenvalue weighted by atomic mass is 9.92. The van der Waals surface area contributed by atoms with Crippen molar-refractivity contribution in [2.75, 3.05) is 20.3 Å². The monoisotopic (exact) mass is 329 g/mol. The Labute approximate surface area is 141 Å². The minimum Gasteiger partial charge on any atom is -0.493 e. The molecule has 0 saturated heterocycles. The third-order valence-corrected chi connectivity index (χ3v) is 4.30. The van der Waals surface area contributed by atoms with E-state index in [4.69, 9.17) is 13.9 Å². The zero-order valence-corrected chi connectivity index (χ0v) is 14.1. The molecule has 0 aliphatic carbocycles. The number of methoxy groups -OCH3 is 1. The van der Waals surface area contributed by atoms with Crippen molar-refractivity contribution in [1.82, 2.24) is 5.32 Å². The molecule has 1 aliphatic heterocycles. The summed E-state index contributed by atoms with van der Waals surface area (Å²) in [4.78, 5) is 12.8. The molecule has 5 nitrogen and oxygen atoms in total. The number of hydrogen-bond donors (Lipinski definition) is 1. The van der Waals surface area contributed by atoms with Gasteiger partial charge in [-0.25, -0.2) is 0 Å². The van der Waals surface area contributed by atoms with E-state index in [1.165, 1.54) is 0 Å². The first-order valence-electron chi connectivity index (χ1n) is 8.32. The average Bonchev–Trinajstić information content (AvgIpc) is 3.10. The number of carbonyl (C=O) groups excluding carboxylic acids is 1. The molecule has 1 aromatic heterocycles. The Morgan fingerprint density at radius 3 is 2.92 bits per heavy atom. The number of aryl methyl sites for hydroxylation is 1. The second-order valence-electron chi connectivity index (χ2n) is 5.90. The fraction of sp³-hybridized carbons (Fsp3) is 0.421. The van der Waals surface area contributed by atoms with Crippen LogP contribution in [0.15, 0.2) is 40.8 Å². The van der Waals surface area contributed by atoms with E-state index < -0.39 is 0 Å². The van der Waals surface area contributed by atoms with Gasteiger partial charge in [0, 0.05) is 19.1 Å². The molecule has 0 unspecified atom stereocenters. The van der Waals surface area contributed by atoms with Crippen molar-refractivity contribution in [1.29, 1.82) is 0 Å². The topological polar surface area (TPSA) is 60.7 Å². The third-order valence-electron chi connectivity index (χ3n) is 4.30. The molecule has 1 amide bonds. The Hall–Kier alpha value is -2.27. The number of fused-ring (bicyclic) bond motifs is 1. The largest absolute Gasteiger partial charge is 0.493 e. The van der Waals surface area contributed by atoms with Gasteiger partial charge in [-0.1, -0.05) is 25.1 Å². The molecule has 128 valence electrons. The molecular weight excluding hydrogens is 306 g/mol. The summed E-state index contributed by atoms with van der Waals surface area (Å²) >= 11 is 0. The minimum atomic E-state index is -0.294. The predicted octanol–water partition coefficient (Wildman–Crippen LogP) is 3.21. The molecule has 5 heteroatoms. The lowest BCUT2D eigenvalue weighted by Gasteiger charge is -2.26. The Morgan fingerprint density at radius 2 is 2.17 bits per heavy atom. The number of carbonyl (C=O) groups is 1. The van der Waals surface area contributed by atoms with Gasteiger partial charge < -0.3 is 19.2 Å². The summed E-state index contributed by atoms with van der Waals surface area (Å²) in [7, 11) is 1.62. The van der Waals surface area contributed by atoms with E-state index in [2.05, 4.69) is 5.32 Å². The van der Waals surface area contributed by atoms with Crippen LogP contribution in [-0.2, 0) is 16.0 Å². The molecule has 0 radical (unpaired) electrons. The van der Waals surface area contributed by atoms with E-state index in [1.807, 2.05) is 43.3 Å². The van der Waals surface area contributed by atoms with Gasteiger partial charge in [-0.15, -0.1) is 0 Å². The van der Waals surface area contributed by atoms with E-state index >= 15 is 0 Å². The molecule has 0 fully saturated rings. The zero-order chi connectivity index (χ0) is 16.9. The second kappa shape index (κ2) is 7.53. The molecule has 1 aromatic carbocycles. The van der Waals surface area contributed by atoms with Gasteiger partial charge in [0.15, 0.2) is 0 Å². The molecule has 0 spiro atoms. The highest BCUT2D eigenvalue weighted by molar-refractivity contribution is 5.85. The van der Waals surface area contributed by atoms with Gasteiger partial charge >= 0.3 is 0 Å². The van der Waals surface area contributed by atoms with E-state index in [9.17, 15) is 4.79 Å². The maximum absolute atomic E-state index is 12.8. The number of hydrogen-bond acceptors (Lipinski definition) is 4. The second-order valence-corrected chi connectivity index (χ2v) is 5.90. The standard InChI is InChI=1S/C19H23NO4/c1-3-13-8-9-18(24-13)16(12-22-2)20-19(21)15-10-11-23-17-7-5-4-6-14(15)17/h4-9,15-16H,3,10-12H2,1-2H3,(H,20,21)/t15-,16-/m0/s1. The predicted molar refractivity (Wildman–Crippen MR) is 90.1 cm³/mol. The van der Waals surface area contributed by atoms with Crippen LogP contribution < -0.4 is 10.1 Å². The van der Waals surface area contributed by atoms with Crippen LogP contribution in [0.25, 0.3) is 0 Å². The molecule has 2 aromatic rings. The van der Waals surface area contributed by atoms with Crippen LogP contribution in [0.3, 0.4) is 0 Å². The van der Waals surface area contributed by atoms with Crippen LogP contribution in [0.1, 0.15) is 42.4 Å². The molecule has 0 bridgehead atoms. The summed E-state index contributed by atoms with van der Waals surface area (Å²) in [6.45, 7) is 2.95. The van der Waals surface area contributed by atoms with Crippen molar-refractivity contribution in [3.05, 3.63) is 53.5 Å². The Balaban J connectivity index is 1.77. The number of ether oxygens (including phenoxy) is 2. The number of furan rings is 1. The number of amides is 1. The van der Waals surface area contributed by atoms with E-state index in [-0.39, 0.29) is 17.9 Å². The smallest absolute Gasteiger partial charge is 0.228 e. The lowest BCUT2D eigenvalue weighted by molar-refractivity contribution is -0.124. The number of nitrogens with one attached hydrogen (secondary N) is 1. The molecule has 2 heterocycles. The fourth-order valence-corrected chi connectivity index (χ4v) is 3.02. The van der Waals surface area contributed by atoms with Crippen molar-refractivity contribution in [2.45, 2.75) is 31.7 Å². The molecule has 1 aliphatic rings. The zero-order valence-electron chi connectivity index (χ0n) is 14.1. The van der Waals surface area contributed by atoms with Gasteiger partial charge in [0.1, 0.15) is 23.3 Å². The first-order chi connectivity index (χ1) is 11.7. The number of para-hydroxylation sites is 1. The summed E-state index contributed by atoms with van der Waals surface area (Å²) in [5.74, 6) is 2.18. The molecule has 3 rings (SSSR count). The Bertz CT molecular complexity index is 694. The summed E-state index contributed by atoms with van der Waals surface area (Å²) in [5.41, 5.74) is 0.936. The summed E-state index contributed by atoms with van der Waals surface area (Å²) in [6, 6.07) is 11.3. The maximum Gasteiger partial charge on any atom is 0.228 e. The summed E-state index contributed by atoms with van der Waals surface area (Å²) in [5, 5.41) is 3.07.